The Labute approximate surface area is 175 Å². The molecule has 7 nitrogen and oxygen atoms in total. The van der Waals surface area contributed by atoms with Gasteiger partial charge in [-0.15, -0.1) is 0 Å². The van der Waals surface area contributed by atoms with Crippen LogP contribution in [-0.2, 0) is 11.3 Å². The fraction of sp³-hybridized carbons (Fsp3) is 0.636. The quantitative estimate of drug-likeness (QED) is 0.513. The Hall–Kier alpha value is -2.28. The summed E-state index contributed by atoms with van der Waals surface area (Å²) in [5.74, 6) is 2.03. The average Bonchev–Trinajstić information content (AvgIpc) is 3.05. The Kier molecular flexibility index (Phi) is 8.76. The number of benzene rings is 1. The number of ether oxygens (including phenoxy) is 1. The lowest BCUT2D eigenvalue weighted by atomic mass is 10.1. The first-order valence-electron chi connectivity index (χ1n) is 10.5. The van der Waals surface area contributed by atoms with Crippen molar-refractivity contribution in [2.24, 2.45) is 10.9 Å². The SMILES string of the molecule is CCNC(=NCc1cccc(OCC(=O)N(C)C)c1)NC1CN(C(C)C)CC1C. The number of likely N-dealkylation sites (tertiary alicyclic amines) is 1. The fourth-order valence-electron chi connectivity index (χ4n) is 3.29. The molecule has 0 spiro atoms. The van der Waals surface area contributed by atoms with Gasteiger partial charge in [-0.05, 0) is 44.4 Å². The van der Waals surface area contributed by atoms with Gasteiger partial charge in [0.25, 0.3) is 5.91 Å². The van der Waals surface area contributed by atoms with Crippen LogP contribution in [0.2, 0.25) is 0 Å². The molecule has 1 amide bonds. The second-order valence-electron chi connectivity index (χ2n) is 8.20. The minimum absolute atomic E-state index is 0.0375. The van der Waals surface area contributed by atoms with Gasteiger partial charge < -0.3 is 20.3 Å². The Bertz CT molecular complexity index is 690. The monoisotopic (exact) mass is 403 g/mol. The molecule has 2 atom stereocenters. The first kappa shape index (κ1) is 23.0. The highest BCUT2D eigenvalue weighted by Crippen LogP contribution is 2.19. The van der Waals surface area contributed by atoms with E-state index in [9.17, 15) is 4.79 Å². The largest absolute Gasteiger partial charge is 0.484 e. The lowest BCUT2D eigenvalue weighted by Gasteiger charge is -2.22. The molecule has 1 fully saturated rings. The van der Waals surface area contributed by atoms with Crippen LogP contribution in [0.15, 0.2) is 29.3 Å². The molecule has 2 unspecified atom stereocenters. The number of hydrogen-bond acceptors (Lipinski definition) is 4. The minimum atomic E-state index is -0.0619. The molecule has 0 aromatic heterocycles. The zero-order chi connectivity index (χ0) is 21.4. The molecule has 1 aliphatic rings. The van der Waals surface area contributed by atoms with Crippen LogP contribution >= 0.6 is 0 Å². The lowest BCUT2D eigenvalue weighted by molar-refractivity contribution is -0.130. The van der Waals surface area contributed by atoms with Crippen LogP contribution in [-0.4, -0.2) is 74.1 Å². The highest BCUT2D eigenvalue weighted by atomic mass is 16.5. The lowest BCUT2D eigenvalue weighted by Crippen LogP contribution is -2.46. The smallest absolute Gasteiger partial charge is 0.259 e. The summed E-state index contributed by atoms with van der Waals surface area (Å²) < 4.78 is 5.60. The summed E-state index contributed by atoms with van der Waals surface area (Å²) >= 11 is 0. The first-order chi connectivity index (χ1) is 13.8. The molecular formula is C22H37N5O2. The molecule has 162 valence electrons. The van der Waals surface area contributed by atoms with Crippen molar-refractivity contribution in [1.82, 2.24) is 20.4 Å². The van der Waals surface area contributed by atoms with Crippen LogP contribution in [0.4, 0.5) is 0 Å². The van der Waals surface area contributed by atoms with Gasteiger partial charge in [-0.25, -0.2) is 4.99 Å². The third-order valence-corrected chi connectivity index (χ3v) is 5.22. The number of amides is 1. The number of carbonyl (C=O) groups excluding carboxylic acids is 1. The summed E-state index contributed by atoms with van der Waals surface area (Å²) in [6.45, 7) is 12.4. The molecule has 0 saturated carbocycles. The zero-order valence-electron chi connectivity index (χ0n) is 18.7. The summed E-state index contributed by atoms with van der Waals surface area (Å²) in [6.07, 6.45) is 0. The van der Waals surface area contributed by atoms with Gasteiger partial charge in [-0.1, -0.05) is 19.1 Å². The van der Waals surface area contributed by atoms with E-state index >= 15 is 0 Å². The number of nitrogens with one attached hydrogen (secondary N) is 2. The minimum Gasteiger partial charge on any atom is -0.484 e. The molecule has 2 rings (SSSR count). The van der Waals surface area contributed by atoms with Crippen molar-refractivity contribution in [3.63, 3.8) is 0 Å². The van der Waals surface area contributed by atoms with Crippen LogP contribution in [0.25, 0.3) is 0 Å². The molecule has 1 aromatic carbocycles. The molecule has 7 heteroatoms. The van der Waals surface area contributed by atoms with Crippen molar-refractivity contribution in [3.05, 3.63) is 29.8 Å². The van der Waals surface area contributed by atoms with Crippen LogP contribution < -0.4 is 15.4 Å². The van der Waals surface area contributed by atoms with Crippen molar-refractivity contribution in [1.29, 1.82) is 0 Å². The molecule has 0 bridgehead atoms. The van der Waals surface area contributed by atoms with E-state index in [0.29, 0.717) is 30.3 Å². The third-order valence-electron chi connectivity index (χ3n) is 5.22. The van der Waals surface area contributed by atoms with Gasteiger partial charge >= 0.3 is 0 Å². The van der Waals surface area contributed by atoms with Gasteiger partial charge in [0.1, 0.15) is 5.75 Å². The number of nitrogens with zero attached hydrogens (tertiary/aromatic N) is 3. The number of guanidine groups is 1. The second-order valence-corrected chi connectivity index (χ2v) is 8.20. The molecule has 1 aliphatic heterocycles. The second kappa shape index (κ2) is 11.0. The van der Waals surface area contributed by atoms with Crippen LogP contribution in [0.5, 0.6) is 5.75 Å². The first-order valence-corrected chi connectivity index (χ1v) is 10.5. The van der Waals surface area contributed by atoms with Crippen LogP contribution in [0.3, 0.4) is 0 Å². The van der Waals surface area contributed by atoms with Crippen LogP contribution in [0.1, 0.15) is 33.3 Å². The molecule has 0 radical (unpaired) electrons. The Morgan fingerprint density at radius 1 is 1.34 bits per heavy atom. The van der Waals surface area contributed by atoms with E-state index < -0.39 is 0 Å². The molecule has 0 aliphatic carbocycles. The highest BCUT2D eigenvalue weighted by Gasteiger charge is 2.31. The average molecular weight is 404 g/mol. The van der Waals surface area contributed by atoms with E-state index in [2.05, 4.69) is 43.2 Å². The predicted octanol–water partition coefficient (Wildman–Crippen LogP) is 1.94. The summed E-state index contributed by atoms with van der Waals surface area (Å²) in [4.78, 5) is 20.5. The topological polar surface area (TPSA) is 69.2 Å². The van der Waals surface area contributed by atoms with Gasteiger partial charge in [0.05, 0.1) is 6.54 Å². The van der Waals surface area contributed by atoms with Crippen molar-refractivity contribution in [2.75, 3.05) is 40.3 Å². The maximum Gasteiger partial charge on any atom is 0.259 e. The highest BCUT2D eigenvalue weighted by molar-refractivity contribution is 5.80. The fourth-order valence-corrected chi connectivity index (χ4v) is 3.29. The van der Waals surface area contributed by atoms with Crippen molar-refractivity contribution < 1.29 is 9.53 Å². The van der Waals surface area contributed by atoms with Gasteiger partial charge in [0.2, 0.25) is 0 Å². The molecule has 2 N–H and O–H groups in total. The number of hydrogen-bond donors (Lipinski definition) is 2. The summed E-state index contributed by atoms with van der Waals surface area (Å²) in [6, 6.07) is 8.70. The van der Waals surface area contributed by atoms with Gasteiger partial charge in [-0.2, -0.15) is 0 Å². The van der Waals surface area contributed by atoms with E-state index in [4.69, 9.17) is 9.73 Å². The van der Waals surface area contributed by atoms with E-state index in [1.807, 2.05) is 24.3 Å². The normalized spacial score (nSPS) is 20.0. The van der Waals surface area contributed by atoms with Gasteiger partial charge in [-0.3, -0.25) is 9.69 Å². The zero-order valence-corrected chi connectivity index (χ0v) is 18.7. The van der Waals surface area contributed by atoms with Crippen LogP contribution in [0, 0.1) is 5.92 Å². The third kappa shape index (κ3) is 7.24. The maximum atomic E-state index is 11.7. The summed E-state index contributed by atoms with van der Waals surface area (Å²) in [5.41, 5.74) is 1.04. The van der Waals surface area contributed by atoms with Crippen molar-refractivity contribution >= 4 is 11.9 Å². The standard InChI is InChI=1S/C22H37N5O2/c1-7-23-22(25-20-14-27(16(2)3)13-17(20)4)24-12-18-9-8-10-19(11-18)29-15-21(28)26(5)6/h8-11,16-17,20H,7,12-15H2,1-6H3,(H2,23,24,25). The Morgan fingerprint density at radius 3 is 2.72 bits per heavy atom. The predicted molar refractivity (Wildman–Crippen MR) is 118 cm³/mol. The van der Waals surface area contributed by atoms with Crippen molar-refractivity contribution in [3.8, 4) is 5.75 Å². The van der Waals surface area contributed by atoms with E-state index in [0.717, 1.165) is 31.2 Å². The number of aliphatic imine (C=N–C) groups is 1. The van der Waals surface area contributed by atoms with E-state index in [1.165, 1.54) is 4.90 Å². The molecular weight excluding hydrogens is 366 g/mol. The molecule has 1 saturated heterocycles. The number of likely N-dealkylation sites (N-methyl/N-ethyl adjacent to an activating group) is 1. The maximum absolute atomic E-state index is 11.7. The Morgan fingerprint density at radius 2 is 2.10 bits per heavy atom. The van der Waals surface area contributed by atoms with E-state index in [-0.39, 0.29) is 12.5 Å². The molecule has 1 aromatic rings. The van der Waals surface area contributed by atoms with E-state index in [1.54, 1.807) is 14.1 Å². The number of carbonyl (C=O) groups is 1. The number of rotatable bonds is 8. The Balaban J connectivity index is 1.97. The van der Waals surface area contributed by atoms with Gasteiger partial charge in [0.15, 0.2) is 12.6 Å². The molecule has 29 heavy (non-hydrogen) atoms. The summed E-state index contributed by atoms with van der Waals surface area (Å²) in [7, 11) is 3.44. The summed E-state index contributed by atoms with van der Waals surface area (Å²) in [5, 5.41) is 6.96. The molecule has 1 heterocycles. The van der Waals surface area contributed by atoms with Gasteiger partial charge in [0, 0.05) is 45.8 Å². The van der Waals surface area contributed by atoms with Crippen molar-refractivity contribution in [2.45, 2.75) is 46.3 Å².